The van der Waals surface area contributed by atoms with E-state index < -0.39 is 5.92 Å². The molecule has 0 rings (SSSR count). The molecule has 0 aromatic rings. The van der Waals surface area contributed by atoms with Gasteiger partial charge in [0.2, 0.25) is 5.91 Å². The molecule has 1 amide bonds. The fourth-order valence-corrected chi connectivity index (χ4v) is 1.50. The van der Waals surface area contributed by atoms with Gasteiger partial charge in [0.05, 0.1) is 5.92 Å². The van der Waals surface area contributed by atoms with Crippen LogP contribution in [-0.2, 0) is 4.79 Å². The molecule has 0 radical (unpaired) electrons. The van der Waals surface area contributed by atoms with Crippen molar-refractivity contribution in [1.29, 1.82) is 0 Å². The number of amides is 1. The third-order valence-corrected chi connectivity index (χ3v) is 2.45. The molecule has 0 aliphatic heterocycles. The quantitative estimate of drug-likeness (QED) is 0.187. The molecule has 0 fully saturated rings. The van der Waals surface area contributed by atoms with E-state index in [9.17, 15) is 4.79 Å². The van der Waals surface area contributed by atoms with Crippen LogP contribution in [0.1, 0.15) is 26.2 Å². The second-order valence-electron chi connectivity index (χ2n) is 4.31. The first-order valence-electron chi connectivity index (χ1n) is 5.92. The van der Waals surface area contributed by atoms with Crippen molar-refractivity contribution in [2.45, 2.75) is 26.2 Å². The van der Waals surface area contributed by atoms with Gasteiger partial charge < -0.3 is 21.2 Å². The van der Waals surface area contributed by atoms with Crippen molar-refractivity contribution in [3.8, 4) is 0 Å². The topological polar surface area (TPSA) is 91.0 Å². The van der Waals surface area contributed by atoms with Crippen molar-refractivity contribution in [3.05, 3.63) is 0 Å². The predicted molar refractivity (Wildman–Crippen MR) is 68.0 cm³/mol. The summed E-state index contributed by atoms with van der Waals surface area (Å²) in [5, 5.41) is 14.3. The largest absolute Gasteiger partial charge is 0.409 e. The summed E-state index contributed by atoms with van der Waals surface area (Å²) in [6.45, 7) is 3.48. The summed E-state index contributed by atoms with van der Waals surface area (Å²) in [5.74, 6) is -0.706. The molecule has 0 saturated heterocycles. The fraction of sp³-hybridized carbons (Fsp3) is 0.818. The maximum absolute atomic E-state index is 11.8. The van der Waals surface area contributed by atoms with Crippen LogP contribution in [-0.4, -0.2) is 49.0 Å². The highest BCUT2D eigenvalue weighted by Gasteiger charge is 2.21. The molecule has 0 spiro atoms. The van der Waals surface area contributed by atoms with Crippen molar-refractivity contribution >= 4 is 11.7 Å². The Labute approximate surface area is 103 Å². The highest BCUT2D eigenvalue weighted by Crippen LogP contribution is 2.06. The number of rotatable bonds is 8. The van der Waals surface area contributed by atoms with Crippen molar-refractivity contribution in [2.24, 2.45) is 16.8 Å². The van der Waals surface area contributed by atoms with Gasteiger partial charge in [-0.15, -0.1) is 0 Å². The first-order chi connectivity index (χ1) is 8.02. The van der Waals surface area contributed by atoms with Gasteiger partial charge >= 0.3 is 0 Å². The van der Waals surface area contributed by atoms with Gasteiger partial charge in [0.25, 0.3) is 0 Å². The minimum atomic E-state index is -0.524. The van der Waals surface area contributed by atoms with Crippen LogP contribution >= 0.6 is 0 Å². The molecule has 0 aromatic heterocycles. The molecule has 0 heterocycles. The normalized spacial score (nSPS) is 13.8. The third-order valence-electron chi connectivity index (χ3n) is 2.45. The van der Waals surface area contributed by atoms with Crippen molar-refractivity contribution in [2.75, 3.05) is 27.2 Å². The number of nitrogens with zero attached hydrogens (tertiary/aromatic N) is 2. The van der Waals surface area contributed by atoms with Crippen LogP contribution in [0.5, 0.6) is 0 Å². The zero-order chi connectivity index (χ0) is 13.3. The minimum absolute atomic E-state index is 0.0167. The van der Waals surface area contributed by atoms with E-state index >= 15 is 0 Å². The average Bonchev–Trinajstić information content (AvgIpc) is 2.30. The van der Waals surface area contributed by atoms with Gasteiger partial charge in [-0.1, -0.05) is 18.5 Å². The Kier molecular flexibility index (Phi) is 8.13. The molecular weight excluding hydrogens is 220 g/mol. The Morgan fingerprint density at radius 1 is 1.53 bits per heavy atom. The molecule has 0 saturated carbocycles. The Morgan fingerprint density at radius 2 is 2.18 bits per heavy atom. The van der Waals surface area contributed by atoms with Gasteiger partial charge in [0.1, 0.15) is 0 Å². The monoisotopic (exact) mass is 244 g/mol. The van der Waals surface area contributed by atoms with Crippen LogP contribution in [0, 0.1) is 5.92 Å². The van der Waals surface area contributed by atoms with E-state index in [1.165, 1.54) is 0 Å². The maximum atomic E-state index is 11.8. The third kappa shape index (κ3) is 6.78. The number of amidine groups is 1. The van der Waals surface area contributed by atoms with Crippen molar-refractivity contribution in [1.82, 2.24) is 10.2 Å². The van der Waals surface area contributed by atoms with E-state index in [4.69, 9.17) is 10.9 Å². The lowest BCUT2D eigenvalue weighted by molar-refractivity contribution is -0.123. The van der Waals surface area contributed by atoms with Crippen LogP contribution < -0.4 is 11.1 Å². The van der Waals surface area contributed by atoms with E-state index in [0.717, 1.165) is 19.4 Å². The number of hydrogen-bond acceptors (Lipinski definition) is 4. The molecule has 6 heteroatoms. The lowest BCUT2D eigenvalue weighted by atomic mass is 10.0. The van der Waals surface area contributed by atoms with E-state index in [2.05, 4.69) is 15.4 Å². The summed E-state index contributed by atoms with van der Waals surface area (Å²) in [6.07, 6.45) is 2.29. The molecule has 100 valence electrons. The van der Waals surface area contributed by atoms with Crippen LogP contribution in [0.4, 0.5) is 0 Å². The zero-order valence-corrected chi connectivity index (χ0v) is 10.9. The highest BCUT2D eigenvalue weighted by molar-refractivity contribution is 6.01. The summed E-state index contributed by atoms with van der Waals surface area (Å²) in [4.78, 5) is 13.8. The van der Waals surface area contributed by atoms with E-state index in [1.807, 2.05) is 21.0 Å². The number of carbonyl (C=O) groups excluding carboxylic acids is 1. The molecule has 1 atom stereocenters. The zero-order valence-electron chi connectivity index (χ0n) is 10.9. The van der Waals surface area contributed by atoms with Gasteiger partial charge in [-0.2, -0.15) is 0 Å². The van der Waals surface area contributed by atoms with E-state index in [1.54, 1.807) is 0 Å². The van der Waals surface area contributed by atoms with Crippen molar-refractivity contribution in [3.63, 3.8) is 0 Å². The number of oxime groups is 1. The van der Waals surface area contributed by atoms with Gasteiger partial charge in [-0.05, 0) is 33.5 Å². The lowest BCUT2D eigenvalue weighted by Gasteiger charge is -2.15. The van der Waals surface area contributed by atoms with E-state index in [0.29, 0.717) is 13.0 Å². The second-order valence-corrected chi connectivity index (χ2v) is 4.31. The van der Waals surface area contributed by atoms with Gasteiger partial charge in [-0.25, -0.2) is 0 Å². The Hall–Kier alpha value is -1.30. The van der Waals surface area contributed by atoms with Gasteiger partial charge in [0.15, 0.2) is 5.84 Å². The molecule has 17 heavy (non-hydrogen) atoms. The Balaban J connectivity index is 4.07. The molecule has 6 nitrogen and oxygen atoms in total. The highest BCUT2D eigenvalue weighted by atomic mass is 16.4. The Morgan fingerprint density at radius 3 is 2.65 bits per heavy atom. The summed E-state index contributed by atoms with van der Waals surface area (Å²) in [6, 6.07) is 0. The molecule has 0 aliphatic carbocycles. The number of nitrogens with two attached hydrogens (primary N) is 1. The molecule has 0 aromatic carbocycles. The molecule has 0 aliphatic rings. The number of hydrogen-bond donors (Lipinski definition) is 3. The first-order valence-corrected chi connectivity index (χ1v) is 5.92. The van der Waals surface area contributed by atoms with Crippen LogP contribution in [0.2, 0.25) is 0 Å². The number of nitrogens with one attached hydrogen (secondary N) is 1. The molecule has 4 N–H and O–H groups in total. The SMILES string of the molecule is CCCC(C(=O)NCCCN(C)C)C(N)=NO. The first kappa shape index (κ1) is 15.7. The summed E-state index contributed by atoms with van der Waals surface area (Å²) >= 11 is 0. The average molecular weight is 244 g/mol. The molecule has 0 bridgehead atoms. The van der Waals surface area contributed by atoms with E-state index in [-0.39, 0.29) is 11.7 Å². The summed E-state index contributed by atoms with van der Waals surface area (Å²) in [7, 11) is 3.97. The summed E-state index contributed by atoms with van der Waals surface area (Å²) < 4.78 is 0. The molecular formula is C11H24N4O2. The van der Waals surface area contributed by atoms with Gasteiger partial charge in [0, 0.05) is 6.54 Å². The second kappa shape index (κ2) is 8.81. The van der Waals surface area contributed by atoms with Crippen LogP contribution in [0.15, 0.2) is 5.16 Å². The summed E-state index contributed by atoms with van der Waals surface area (Å²) in [5.41, 5.74) is 5.49. The Bertz CT molecular complexity index is 254. The minimum Gasteiger partial charge on any atom is -0.409 e. The standard InChI is InChI=1S/C11H24N4O2/c1-4-6-9(10(12)14-17)11(16)13-7-5-8-15(2)3/h9,17H,4-8H2,1-3H3,(H2,12,14)(H,13,16). The smallest absolute Gasteiger partial charge is 0.230 e. The lowest BCUT2D eigenvalue weighted by Crippen LogP contribution is -2.39. The molecule has 1 unspecified atom stereocenters. The maximum Gasteiger partial charge on any atom is 0.230 e. The van der Waals surface area contributed by atoms with Gasteiger partial charge in [-0.3, -0.25) is 4.79 Å². The van der Waals surface area contributed by atoms with Crippen molar-refractivity contribution < 1.29 is 10.0 Å². The van der Waals surface area contributed by atoms with Crippen LogP contribution in [0.3, 0.4) is 0 Å². The number of carbonyl (C=O) groups is 1. The van der Waals surface area contributed by atoms with Crippen LogP contribution in [0.25, 0.3) is 0 Å². The fourth-order valence-electron chi connectivity index (χ4n) is 1.50. The predicted octanol–water partition coefficient (Wildman–Crippen LogP) is 0.217.